The Morgan fingerprint density at radius 1 is 0.963 bits per heavy atom. The van der Waals surface area contributed by atoms with Crippen LogP contribution in [0.25, 0.3) is 11.3 Å². The second kappa shape index (κ2) is 8.64. The average Bonchev–Trinajstić information content (AvgIpc) is 2.66. The van der Waals surface area contributed by atoms with Crippen LogP contribution >= 0.6 is 0 Å². The van der Waals surface area contributed by atoms with Gasteiger partial charge in [-0.2, -0.15) is 0 Å². The van der Waals surface area contributed by atoms with Crippen LogP contribution in [0.3, 0.4) is 0 Å². The number of benzene rings is 2. The average molecular weight is 362 g/mol. The lowest BCUT2D eigenvalue weighted by Gasteiger charge is -2.12. The second-order valence-corrected chi connectivity index (χ2v) is 6.86. The highest BCUT2D eigenvalue weighted by atomic mass is 16.5. The van der Waals surface area contributed by atoms with Gasteiger partial charge in [0.05, 0.1) is 12.8 Å². The molecule has 1 N–H and O–H groups in total. The molecule has 0 aliphatic rings. The molecular formula is C22H26N4O. The number of aryl methyl sites for hydroxylation is 1. The summed E-state index contributed by atoms with van der Waals surface area (Å²) >= 11 is 0. The second-order valence-electron chi connectivity index (χ2n) is 6.86. The van der Waals surface area contributed by atoms with Crippen molar-refractivity contribution in [3.05, 3.63) is 71.4 Å². The first-order chi connectivity index (χ1) is 13.0. The van der Waals surface area contributed by atoms with Crippen LogP contribution in [0.2, 0.25) is 0 Å². The third-order valence-electron chi connectivity index (χ3n) is 4.16. The van der Waals surface area contributed by atoms with Crippen molar-refractivity contribution in [2.24, 2.45) is 0 Å². The number of aromatic nitrogens is 2. The minimum atomic E-state index is 0.630. The zero-order valence-corrected chi connectivity index (χ0v) is 16.4. The Labute approximate surface area is 161 Å². The van der Waals surface area contributed by atoms with Crippen molar-refractivity contribution in [2.75, 3.05) is 26.5 Å². The summed E-state index contributed by atoms with van der Waals surface area (Å²) in [6.45, 7) is 3.53. The van der Waals surface area contributed by atoms with Crippen LogP contribution in [0.15, 0.2) is 54.6 Å². The standard InChI is InChI=1S/C22H26N4O/c1-16-11-21(19-9-5-8-18(12-19)15-26(2)3)25-22(24-16)23-14-17-7-6-10-20(13-17)27-4/h5-13H,14-15H2,1-4H3,(H,23,24,25). The fourth-order valence-electron chi connectivity index (χ4n) is 2.95. The minimum Gasteiger partial charge on any atom is -0.497 e. The third-order valence-corrected chi connectivity index (χ3v) is 4.16. The first kappa shape index (κ1) is 18.9. The topological polar surface area (TPSA) is 50.3 Å². The van der Waals surface area contributed by atoms with E-state index in [4.69, 9.17) is 9.72 Å². The Bertz CT molecular complexity index is 908. The molecule has 3 rings (SSSR count). The molecule has 5 heteroatoms. The van der Waals surface area contributed by atoms with E-state index in [9.17, 15) is 0 Å². The van der Waals surface area contributed by atoms with Crippen LogP contribution < -0.4 is 10.1 Å². The highest BCUT2D eigenvalue weighted by Crippen LogP contribution is 2.21. The molecule has 27 heavy (non-hydrogen) atoms. The summed E-state index contributed by atoms with van der Waals surface area (Å²) < 4.78 is 5.28. The Balaban J connectivity index is 1.80. The summed E-state index contributed by atoms with van der Waals surface area (Å²) in [5.74, 6) is 1.48. The molecule has 140 valence electrons. The highest BCUT2D eigenvalue weighted by molar-refractivity contribution is 5.61. The zero-order valence-electron chi connectivity index (χ0n) is 16.4. The van der Waals surface area contributed by atoms with E-state index in [1.165, 1.54) is 5.56 Å². The molecule has 0 saturated heterocycles. The fraction of sp³-hybridized carbons (Fsp3) is 0.273. The molecule has 0 spiro atoms. The smallest absolute Gasteiger partial charge is 0.223 e. The highest BCUT2D eigenvalue weighted by Gasteiger charge is 2.07. The van der Waals surface area contributed by atoms with Gasteiger partial charge in [-0.15, -0.1) is 0 Å². The summed E-state index contributed by atoms with van der Waals surface area (Å²) in [7, 11) is 5.82. The van der Waals surface area contributed by atoms with Crippen molar-refractivity contribution in [2.45, 2.75) is 20.0 Å². The molecule has 5 nitrogen and oxygen atoms in total. The molecule has 0 fully saturated rings. The van der Waals surface area contributed by atoms with E-state index in [2.05, 4.69) is 59.6 Å². The zero-order chi connectivity index (χ0) is 19.2. The molecule has 0 atom stereocenters. The Hall–Kier alpha value is -2.92. The molecule has 0 unspecified atom stereocenters. The van der Waals surface area contributed by atoms with Crippen LogP contribution in [-0.2, 0) is 13.1 Å². The summed E-state index contributed by atoms with van der Waals surface area (Å²) in [6.07, 6.45) is 0. The molecule has 0 radical (unpaired) electrons. The van der Waals surface area contributed by atoms with Gasteiger partial charge in [-0.05, 0) is 56.4 Å². The van der Waals surface area contributed by atoms with Crippen molar-refractivity contribution >= 4 is 5.95 Å². The maximum Gasteiger partial charge on any atom is 0.223 e. The van der Waals surface area contributed by atoms with Crippen LogP contribution in [-0.4, -0.2) is 36.1 Å². The summed E-state index contributed by atoms with van der Waals surface area (Å²) in [4.78, 5) is 11.4. The molecule has 0 saturated carbocycles. The van der Waals surface area contributed by atoms with Gasteiger partial charge >= 0.3 is 0 Å². The van der Waals surface area contributed by atoms with Crippen molar-refractivity contribution in [3.8, 4) is 17.0 Å². The number of rotatable bonds is 7. The predicted molar refractivity (Wildman–Crippen MR) is 110 cm³/mol. The maximum atomic E-state index is 5.28. The number of methoxy groups -OCH3 is 1. The fourth-order valence-corrected chi connectivity index (χ4v) is 2.95. The van der Waals surface area contributed by atoms with Crippen molar-refractivity contribution in [1.29, 1.82) is 0 Å². The van der Waals surface area contributed by atoms with Crippen LogP contribution in [0.5, 0.6) is 5.75 Å². The number of ether oxygens (including phenoxy) is 1. The summed E-state index contributed by atoms with van der Waals surface area (Å²) in [5.41, 5.74) is 5.35. The molecule has 0 aliphatic heterocycles. The Morgan fingerprint density at radius 3 is 2.52 bits per heavy atom. The number of nitrogens with one attached hydrogen (secondary N) is 1. The first-order valence-electron chi connectivity index (χ1n) is 9.00. The van der Waals surface area contributed by atoms with Gasteiger partial charge in [0.1, 0.15) is 5.75 Å². The van der Waals surface area contributed by atoms with E-state index in [-0.39, 0.29) is 0 Å². The number of hydrogen-bond donors (Lipinski definition) is 1. The monoisotopic (exact) mass is 362 g/mol. The van der Waals surface area contributed by atoms with Crippen molar-refractivity contribution < 1.29 is 4.74 Å². The van der Waals surface area contributed by atoms with E-state index >= 15 is 0 Å². The van der Waals surface area contributed by atoms with E-state index in [1.807, 2.05) is 31.2 Å². The van der Waals surface area contributed by atoms with Gasteiger partial charge in [0.15, 0.2) is 0 Å². The molecule has 1 heterocycles. The maximum absolute atomic E-state index is 5.28. The van der Waals surface area contributed by atoms with Crippen molar-refractivity contribution in [3.63, 3.8) is 0 Å². The van der Waals surface area contributed by atoms with Crippen molar-refractivity contribution in [1.82, 2.24) is 14.9 Å². The van der Waals surface area contributed by atoms with Crippen LogP contribution in [0.1, 0.15) is 16.8 Å². The molecule has 2 aromatic carbocycles. The largest absolute Gasteiger partial charge is 0.497 e. The van der Waals surface area contributed by atoms with Gasteiger partial charge in [0.2, 0.25) is 5.95 Å². The lowest BCUT2D eigenvalue weighted by atomic mass is 10.1. The van der Waals surface area contributed by atoms with Gasteiger partial charge < -0.3 is 15.0 Å². The van der Waals surface area contributed by atoms with Crippen LogP contribution in [0, 0.1) is 6.92 Å². The minimum absolute atomic E-state index is 0.630. The van der Waals surface area contributed by atoms with Gasteiger partial charge in [0.25, 0.3) is 0 Å². The number of anilines is 1. The molecule has 1 aromatic heterocycles. The normalized spacial score (nSPS) is 10.9. The Morgan fingerprint density at radius 2 is 1.74 bits per heavy atom. The van der Waals surface area contributed by atoms with E-state index in [0.717, 1.165) is 34.8 Å². The third kappa shape index (κ3) is 5.28. The molecule has 0 aliphatic carbocycles. The lowest BCUT2D eigenvalue weighted by molar-refractivity contribution is 0.402. The van der Waals surface area contributed by atoms with E-state index in [0.29, 0.717) is 12.5 Å². The number of hydrogen-bond acceptors (Lipinski definition) is 5. The molecule has 0 bridgehead atoms. The molecule has 3 aromatic rings. The van der Waals surface area contributed by atoms with Gasteiger partial charge in [-0.1, -0.05) is 30.3 Å². The molecular weight excluding hydrogens is 336 g/mol. The first-order valence-corrected chi connectivity index (χ1v) is 9.00. The van der Waals surface area contributed by atoms with Crippen LogP contribution in [0.4, 0.5) is 5.95 Å². The van der Waals surface area contributed by atoms with E-state index < -0.39 is 0 Å². The quantitative estimate of drug-likeness (QED) is 0.685. The van der Waals surface area contributed by atoms with Gasteiger partial charge in [-0.3, -0.25) is 0 Å². The molecule has 0 amide bonds. The Kier molecular flexibility index (Phi) is 6.04. The van der Waals surface area contributed by atoms with E-state index in [1.54, 1.807) is 7.11 Å². The SMILES string of the molecule is COc1cccc(CNc2nc(C)cc(-c3cccc(CN(C)C)c3)n2)c1. The summed E-state index contributed by atoms with van der Waals surface area (Å²) in [6, 6.07) is 18.5. The lowest BCUT2D eigenvalue weighted by Crippen LogP contribution is -2.10. The summed E-state index contributed by atoms with van der Waals surface area (Å²) in [5, 5.41) is 3.32. The van der Waals surface area contributed by atoms with Gasteiger partial charge in [-0.25, -0.2) is 9.97 Å². The van der Waals surface area contributed by atoms with Gasteiger partial charge in [0, 0.05) is 24.3 Å². The number of nitrogens with zero attached hydrogens (tertiary/aromatic N) is 3. The predicted octanol–water partition coefficient (Wildman–Crippen LogP) is 4.13.